The molecule has 1 saturated carbocycles. The fourth-order valence-electron chi connectivity index (χ4n) is 3.48. The van der Waals surface area contributed by atoms with Crippen LogP contribution >= 0.6 is 27.7 Å². The summed E-state index contributed by atoms with van der Waals surface area (Å²) in [4.78, 5) is 16.0. The maximum absolute atomic E-state index is 12.7. The number of carbonyl (C=O) groups is 1. The van der Waals surface area contributed by atoms with Crippen LogP contribution in [0.1, 0.15) is 25.8 Å². The molecule has 0 spiro atoms. The molecular formula is C22H20BrN5OS. The number of amides is 1. The van der Waals surface area contributed by atoms with E-state index in [-0.39, 0.29) is 11.2 Å². The maximum Gasteiger partial charge on any atom is 0.237 e. The molecule has 2 aromatic carbocycles. The van der Waals surface area contributed by atoms with Gasteiger partial charge in [-0.1, -0.05) is 52.0 Å². The molecule has 8 heteroatoms. The summed E-state index contributed by atoms with van der Waals surface area (Å²) in [7, 11) is 0. The molecule has 5 rings (SSSR count). The van der Waals surface area contributed by atoms with E-state index in [4.69, 9.17) is 0 Å². The van der Waals surface area contributed by atoms with Crippen LogP contribution in [0.3, 0.4) is 0 Å². The molecule has 2 aromatic heterocycles. The molecule has 30 heavy (non-hydrogen) atoms. The Morgan fingerprint density at radius 2 is 2.07 bits per heavy atom. The summed E-state index contributed by atoms with van der Waals surface area (Å²) in [6.07, 6.45) is 4.21. The Morgan fingerprint density at radius 3 is 2.87 bits per heavy atom. The van der Waals surface area contributed by atoms with Gasteiger partial charge in [0, 0.05) is 38.9 Å². The topological polar surface area (TPSA) is 75.6 Å². The van der Waals surface area contributed by atoms with E-state index in [2.05, 4.69) is 53.1 Å². The lowest BCUT2D eigenvalue weighted by atomic mass is 10.1. The Bertz CT molecular complexity index is 1230. The zero-order valence-corrected chi connectivity index (χ0v) is 18.7. The van der Waals surface area contributed by atoms with Gasteiger partial charge in [0.15, 0.2) is 11.0 Å². The minimum absolute atomic E-state index is 0.0582. The summed E-state index contributed by atoms with van der Waals surface area (Å²) in [5.41, 5.74) is 2.89. The zero-order chi connectivity index (χ0) is 20.7. The first kappa shape index (κ1) is 19.4. The molecule has 2 heterocycles. The number of aromatic amines is 1. The summed E-state index contributed by atoms with van der Waals surface area (Å²) < 4.78 is 3.13. The number of hydrogen-bond acceptors (Lipinski definition) is 4. The number of fused-ring (bicyclic) bond motifs is 1. The van der Waals surface area contributed by atoms with Crippen LogP contribution in [-0.4, -0.2) is 30.9 Å². The van der Waals surface area contributed by atoms with Crippen LogP contribution in [0.2, 0.25) is 0 Å². The van der Waals surface area contributed by atoms with Crippen LogP contribution in [0.4, 0.5) is 5.69 Å². The average Bonchev–Trinajstić information content (AvgIpc) is 3.35. The number of thioether (sulfide) groups is 1. The molecule has 152 valence electrons. The van der Waals surface area contributed by atoms with Gasteiger partial charge in [-0.25, -0.2) is 0 Å². The van der Waals surface area contributed by atoms with E-state index in [1.54, 1.807) is 0 Å². The second kappa shape index (κ2) is 7.92. The molecule has 0 saturated heterocycles. The number of benzene rings is 2. The maximum atomic E-state index is 12.7. The number of rotatable bonds is 6. The van der Waals surface area contributed by atoms with Crippen molar-refractivity contribution in [3.63, 3.8) is 0 Å². The predicted molar refractivity (Wildman–Crippen MR) is 124 cm³/mol. The van der Waals surface area contributed by atoms with E-state index < -0.39 is 0 Å². The monoisotopic (exact) mass is 481 g/mol. The van der Waals surface area contributed by atoms with E-state index >= 15 is 0 Å². The largest absolute Gasteiger partial charge is 0.360 e. The summed E-state index contributed by atoms with van der Waals surface area (Å²) in [5.74, 6) is 0.800. The average molecular weight is 482 g/mol. The molecule has 0 unspecified atom stereocenters. The van der Waals surface area contributed by atoms with Crippen molar-refractivity contribution in [1.82, 2.24) is 19.7 Å². The molecule has 0 aliphatic heterocycles. The molecule has 1 aliphatic rings. The number of halogens is 1. The highest BCUT2D eigenvalue weighted by atomic mass is 79.9. The number of H-pyrrole nitrogens is 1. The Balaban J connectivity index is 1.41. The normalized spacial score (nSPS) is 14.7. The molecule has 4 aromatic rings. The Hall–Kier alpha value is -2.58. The van der Waals surface area contributed by atoms with Crippen molar-refractivity contribution in [1.29, 1.82) is 0 Å². The number of hydrogen-bond donors (Lipinski definition) is 2. The second-order valence-corrected chi connectivity index (χ2v) is 9.64. The predicted octanol–water partition coefficient (Wildman–Crippen LogP) is 5.64. The van der Waals surface area contributed by atoms with Crippen LogP contribution in [0.25, 0.3) is 22.3 Å². The van der Waals surface area contributed by atoms with Gasteiger partial charge in [-0.2, -0.15) is 0 Å². The van der Waals surface area contributed by atoms with Gasteiger partial charge in [0.25, 0.3) is 0 Å². The first-order valence-electron chi connectivity index (χ1n) is 9.84. The number of nitrogens with one attached hydrogen (secondary N) is 2. The number of para-hydroxylation sites is 1. The summed E-state index contributed by atoms with van der Waals surface area (Å²) >= 11 is 4.88. The summed E-state index contributed by atoms with van der Waals surface area (Å²) in [6, 6.07) is 16.2. The van der Waals surface area contributed by atoms with Crippen molar-refractivity contribution < 1.29 is 4.79 Å². The molecule has 0 bridgehead atoms. The number of carbonyl (C=O) groups excluding carboxylic acids is 1. The van der Waals surface area contributed by atoms with Crippen LogP contribution in [0, 0.1) is 0 Å². The lowest BCUT2D eigenvalue weighted by molar-refractivity contribution is -0.115. The number of nitrogens with zero attached hydrogens (tertiary/aromatic N) is 3. The highest BCUT2D eigenvalue weighted by molar-refractivity contribution is 9.10. The lowest BCUT2D eigenvalue weighted by Gasteiger charge is -2.13. The number of aromatic nitrogens is 4. The molecule has 2 N–H and O–H groups in total. The smallest absolute Gasteiger partial charge is 0.237 e. The Labute approximate surface area is 186 Å². The fraction of sp³-hybridized carbons (Fsp3) is 0.227. The van der Waals surface area contributed by atoms with E-state index in [1.807, 2.05) is 49.5 Å². The van der Waals surface area contributed by atoms with Gasteiger partial charge in [-0.05, 0) is 44.0 Å². The van der Waals surface area contributed by atoms with Crippen molar-refractivity contribution in [3.05, 3.63) is 59.2 Å². The van der Waals surface area contributed by atoms with Crippen molar-refractivity contribution in [2.24, 2.45) is 0 Å². The quantitative estimate of drug-likeness (QED) is 0.349. The van der Waals surface area contributed by atoms with Crippen LogP contribution in [0.5, 0.6) is 0 Å². The molecular weight excluding hydrogens is 462 g/mol. The highest BCUT2D eigenvalue weighted by Crippen LogP contribution is 2.42. The van der Waals surface area contributed by atoms with Crippen LogP contribution in [-0.2, 0) is 4.79 Å². The molecule has 0 radical (unpaired) electrons. The van der Waals surface area contributed by atoms with Gasteiger partial charge in [-0.3, -0.25) is 9.36 Å². The summed E-state index contributed by atoms with van der Waals surface area (Å²) in [6.45, 7) is 1.90. The van der Waals surface area contributed by atoms with Gasteiger partial charge in [-0.15, -0.1) is 10.2 Å². The first-order chi connectivity index (χ1) is 14.6. The minimum Gasteiger partial charge on any atom is -0.360 e. The van der Waals surface area contributed by atoms with E-state index in [0.29, 0.717) is 6.04 Å². The van der Waals surface area contributed by atoms with Gasteiger partial charge in [0.2, 0.25) is 5.91 Å². The zero-order valence-electron chi connectivity index (χ0n) is 16.3. The standard InChI is InChI=1S/C22H20BrN5OS/c1-13(21(29)25-15-6-4-5-14(23)11-15)30-22-27-26-20(28(22)16-9-10-16)18-12-24-19-8-3-2-7-17(18)19/h2-8,11-13,16,24H,9-10H2,1H3,(H,25,29)/t13-/m1/s1. The first-order valence-corrected chi connectivity index (χ1v) is 11.5. The second-order valence-electron chi connectivity index (χ2n) is 7.41. The third-order valence-electron chi connectivity index (χ3n) is 5.15. The van der Waals surface area contributed by atoms with Gasteiger partial charge >= 0.3 is 0 Å². The molecule has 1 aliphatic carbocycles. The Kier molecular flexibility index (Phi) is 5.12. The van der Waals surface area contributed by atoms with E-state index in [9.17, 15) is 4.79 Å². The van der Waals surface area contributed by atoms with E-state index in [0.717, 1.165) is 50.4 Å². The third kappa shape index (κ3) is 3.77. The van der Waals surface area contributed by atoms with Crippen LogP contribution < -0.4 is 5.32 Å². The van der Waals surface area contributed by atoms with Gasteiger partial charge < -0.3 is 10.3 Å². The van der Waals surface area contributed by atoms with Crippen molar-refractivity contribution in [3.8, 4) is 11.4 Å². The molecule has 1 atom stereocenters. The Morgan fingerprint density at radius 1 is 1.23 bits per heavy atom. The van der Waals surface area contributed by atoms with Crippen molar-refractivity contribution in [2.75, 3.05) is 5.32 Å². The third-order valence-corrected chi connectivity index (χ3v) is 6.70. The molecule has 6 nitrogen and oxygen atoms in total. The van der Waals surface area contributed by atoms with E-state index in [1.165, 1.54) is 11.8 Å². The molecule has 1 amide bonds. The lowest BCUT2D eigenvalue weighted by Crippen LogP contribution is -2.22. The minimum atomic E-state index is -0.304. The summed E-state index contributed by atoms with van der Waals surface area (Å²) in [5, 5.41) is 13.6. The van der Waals surface area contributed by atoms with Gasteiger partial charge in [0.1, 0.15) is 0 Å². The SMILES string of the molecule is C[C@@H](Sc1nnc(-c2c[nH]c3ccccc23)n1C1CC1)C(=O)Nc1cccc(Br)c1. The molecule has 1 fully saturated rings. The van der Waals surface area contributed by atoms with Crippen molar-refractivity contribution >= 4 is 50.2 Å². The fourth-order valence-corrected chi connectivity index (χ4v) is 4.80. The number of anilines is 1. The van der Waals surface area contributed by atoms with Crippen LogP contribution in [0.15, 0.2) is 64.4 Å². The van der Waals surface area contributed by atoms with Crippen molar-refractivity contribution in [2.45, 2.75) is 36.2 Å². The highest BCUT2D eigenvalue weighted by Gasteiger charge is 2.32. The van der Waals surface area contributed by atoms with Gasteiger partial charge in [0.05, 0.1) is 5.25 Å².